The maximum absolute atomic E-state index is 10.9. The van der Waals surface area contributed by atoms with Crippen molar-refractivity contribution in [3.63, 3.8) is 0 Å². The number of carbonyl (C=O) groups is 2. The molecule has 1 aliphatic heterocycles. The van der Waals surface area contributed by atoms with E-state index in [1.54, 1.807) is 4.90 Å². The van der Waals surface area contributed by atoms with Gasteiger partial charge < -0.3 is 5.11 Å². The third kappa shape index (κ3) is 2.76. The first-order valence-electron chi connectivity index (χ1n) is 3.91. The molecule has 0 spiro atoms. The highest BCUT2D eigenvalue weighted by Gasteiger charge is 2.26. The zero-order valence-electron chi connectivity index (χ0n) is 6.97. The second-order valence-electron chi connectivity index (χ2n) is 2.93. The van der Waals surface area contributed by atoms with Gasteiger partial charge in [-0.2, -0.15) is 5.26 Å². The highest BCUT2D eigenvalue weighted by molar-refractivity contribution is 5.84. The van der Waals surface area contributed by atoms with E-state index in [9.17, 15) is 9.59 Å². The molecule has 0 aromatic rings. The molecule has 74 valence electrons. The first kappa shape index (κ1) is 10.1. The summed E-state index contributed by atoms with van der Waals surface area (Å²) in [6.45, 7) is 0.416. The summed E-state index contributed by atoms with van der Waals surface area (Å²) in [6.07, 6.45) is -0.805. The molecule has 0 aliphatic carbocycles. The minimum absolute atomic E-state index is 0.110. The van der Waals surface area contributed by atoms with Crippen LogP contribution in [0.4, 0.5) is 0 Å². The quantitative estimate of drug-likeness (QED) is 0.412. The van der Waals surface area contributed by atoms with E-state index in [0.717, 1.165) is 0 Å². The van der Waals surface area contributed by atoms with Crippen LogP contribution in [0.25, 0.3) is 0 Å². The fourth-order valence-electron chi connectivity index (χ4n) is 1.23. The standard InChI is InChI=1S/C7H11NO5/c9-5-1-2-8(3-6(5)10)4-7(11)13-12/h6,10,12H,1-4H2. The lowest BCUT2D eigenvalue weighted by atomic mass is 10.1. The summed E-state index contributed by atoms with van der Waals surface area (Å²) < 4.78 is 0. The number of aliphatic hydroxyl groups excluding tert-OH is 1. The molecule has 1 unspecified atom stereocenters. The second-order valence-corrected chi connectivity index (χ2v) is 2.93. The van der Waals surface area contributed by atoms with Crippen LogP contribution in [0, 0.1) is 0 Å². The molecule has 0 bridgehead atoms. The number of rotatable bonds is 2. The van der Waals surface area contributed by atoms with Gasteiger partial charge in [0.25, 0.3) is 0 Å². The van der Waals surface area contributed by atoms with Gasteiger partial charge in [-0.3, -0.25) is 14.6 Å². The molecule has 13 heavy (non-hydrogen) atoms. The van der Waals surface area contributed by atoms with Crippen LogP contribution in [0.15, 0.2) is 0 Å². The van der Waals surface area contributed by atoms with E-state index in [-0.39, 0.29) is 25.3 Å². The van der Waals surface area contributed by atoms with Crippen molar-refractivity contribution in [1.29, 1.82) is 0 Å². The van der Waals surface area contributed by atoms with E-state index in [0.29, 0.717) is 6.54 Å². The van der Waals surface area contributed by atoms with Gasteiger partial charge in [0.15, 0.2) is 5.78 Å². The Kier molecular flexibility index (Phi) is 3.35. The molecule has 1 aliphatic rings. The van der Waals surface area contributed by atoms with Crippen LogP contribution in [-0.4, -0.2) is 52.8 Å². The Morgan fingerprint density at radius 3 is 2.92 bits per heavy atom. The molecule has 0 aromatic carbocycles. The van der Waals surface area contributed by atoms with Crippen LogP contribution < -0.4 is 0 Å². The van der Waals surface area contributed by atoms with E-state index in [1.165, 1.54) is 0 Å². The Bertz CT molecular complexity index is 217. The monoisotopic (exact) mass is 189 g/mol. The number of piperidine rings is 1. The topological polar surface area (TPSA) is 87.1 Å². The van der Waals surface area contributed by atoms with Crippen molar-refractivity contribution in [2.75, 3.05) is 19.6 Å². The van der Waals surface area contributed by atoms with Crippen LogP contribution >= 0.6 is 0 Å². The van der Waals surface area contributed by atoms with E-state index < -0.39 is 12.1 Å². The Morgan fingerprint density at radius 1 is 1.69 bits per heavy atom. The largest absolute Gasteiger partial charge is 0.384 e. The molecular formula is C7H11NO5. The van der Waals surface area contributed by atoms with Crippen LogP contribution in [0.3, 0.4) is 0 Å². The molecule has 6 nitrogen and oxygen atoms in total. The van der Waals surface area contributed by atoms with Crippen LogP contribution in [0.5, 0.6) is 0 Å². The van der Waals surface area contributed by atoms with Crippen molar-refractivity contribution >= 4 is 11.8 Å². The number of β-amino-alcohol motifs (C(OH)–C–C–N with tert-alkyl or cyclic N) is 1. The molecule has 6 heteroatoms. The number of likely N-dealkylation sites (tertiary alicyclic amines) is 1. The predicted octanol–water partition coefficient (Wildman–Crippen LogP) is -1.36. The summed E-state index contributed by atoms with van der Waals surface area (Å²) in [5, 5.41) is 17.1. The number of carbonyl (C=O) groups excluding carboxylic acids is 2. The van der Waals surface area contributed by atoms with Crippen molar-refractivity contribution in [3.8, 4) is 0 Å². The smallest absolute Gasteiger partial charge is 0.355 e. The minimum atomic E-state index is -1.03. The highest BCUT2D eigenvalue weighted by Crippen LogP contribution is 2.05. The van der Waals surface area contributed by atoms with Gasteiger partial charge in [-0.1, -0.05) is 0 Å². The lowest BCUT2D eigenvalue weighted by Gasteiger charge is -2.27. The summed E-state index contributed by atoms with van der Waals surface area (Å²) in [5.74, 6) is -1.00. The van der Waals surface area contributed by atoms with Gasteiger partial charge in [0.05, 0.1) is 0 Å². The normalized spacial score (nSPS) is 24.5. The third-order valence-electron chi connectivity index (χ3n) is 1.93. The SMILES string of the molecule is O=C(CN1CCC(=O)C(O)C1)OO. The average molecular weight is 189 g/mol. The van der Waals surface area contributed by atoms with Crippen LogP contribution in [0.2, 0.25) is 0 Å². The van der Waals surface area contributed by atoms with E-state index in [2.05, 4.69) is 4.89 Å². The molecule has 0 radical (unpaired) electrons. The Labute approximate surface area is 74.6 Å². The van der Waals surface area contributed by atoms with Crippen molar-refractivity contribution in [1.82, 2.24) is 4.90 Å². The van der Waals surface area contributed by atoms with Gasteiger partial charge in [0, 0.05) is 19.5 Å². The van der Waals surface area contributed by atoms with Crippen molar-refractivity contribution in [2.24, 2.45) is 0 Å². The summed E-state index contributed by atoms with van der Waals surface area (Å²) in [4.78, 5) is 26.5. The zero-order chi connectivity index (χ0) is 9.84. The maximum Gasteiger partial charge on any atom is 0.355 e. The Hall–Kier alpha value is -0.980. The van der Waals surface area contributed by atoms with Gasteiger partial charge >= 0.3 is 5.97 Å². The first-order chi connectivity index (χ1) is 6.13. The van der Waals surface area contributed by atoms with Crippen molar-refractivity contribution in [2.45, 2.75) is 12.5 Å². The number of nitrogens with zero attached hydrogens (tertiary/aromatic N) is 1. The minimum Gasteiger partial charge on any atom is -0.384 e. The molecule has 0 aromatic heterocycles. The van der Waals surface area contributed by atoms with Gasteiger partial charge in [-0.15, -0.1) is 0 Å². The van der Waals surface area contributed by atoms with Crippen molar-refractivity contribution in [3.05, 3.63) is 0 Å². The molecule has 2 N–H and O–H groups in total. The van der Waals surface area contributed by atoms with E-state index >= 15 is 0 Å². The molecule has 1 atom stereocenters. The number of Topliss-reactive ketones (excluding diaryl/α,β-unsaturated/α-hetero) is 1. The summed E-state index contributed by atoms with van der Waals surface area (Å²) >= 11 is 0. The predicted molar refractivity (Wildman–Crippen MR) is 40.8 cm³/mol. The fourth-order valence-corrected chi connectivity index (χ4v) is 1.23. The number of hydrogen-bond donors (Lipinski definition) is 2. The zero-order valence-corrected chi connectivity index (χ0v) is 6.97. The first-order valence-corrected chi connectivity index (χ1v) is 3.91. The van der Waals surface area contributed by atoms with Gasteiger partial charge in [-0.05, 0) is 0 Å². The summed E-state index contributed by atoms with van der Waals surface area (Å²) in [6, 6.07) is 0. The Morgan fingerprint density at radius 2 is 2.38 bits per heavy atom. The molecular weight excluding hydrogens is 178 g/mol. The molecule has 0 saturated carbocycles. The van der Waals surface area contributed by atoms with E-state index in [4.69, 9.17) is 10.4 Å². The van der Waals surface area contributed by atoms with Crippen LogP contribution in [0.1, 0.15) is 6.42 Å². The lowest BCUT2D eigenvalue weighted by molar-refractivity contribution is -0.235. The Balaban J connectivity index is 2.37. The molecule has 1 fully saturated rings. The fraction of sp³-hybridized carbons (Fsp3) is 0.714. The highest BCUT2D eigenvalue weighted by atomic mass is 17.1. The van der Waals surface area contributed by atoms with Crippen molar-refractivity contribution < 1.29 is 24.8 Å². The summed E-state index contributed by atoms with van der Waals surface area (Å²) in [7, 11) is 0. The average Bonchev–Trinajstić information content (AvgIpc) is 2.11. The van der Waals surface area contributed by atoms with Gasteiger partial charge in [-0.25, -0.2) is 4.79 Å². The number of hydrogen-bond acceptors (Lipinski definition) is 6. The molecule has 1 saturated heterocycles. The molecule has 1 rings (SSSR count). The number of ketones is 1. The molecule has 0 amide bonds. The van der Waals surface area contributed by atoms with Gasteiger partial charge in [0.1, 0.15) is 12.6 Å². The molecule has 1 heterocycles. The second kappa shape index (κ2) is 4.31. The lowest BCUT2D eigenvalue weighted by Crippen LogP contribution is -2.46. The van der Waals surface area contributed by atoms with Gasteiger partial charge in [0.2, 0.25) is 0 Å². The third-order valence-corrected chi connectivity index (χ3v) is 1.93. The van der Waals surface area contributed by atoms with E-state index in [1.807, 2.05) is 0 Å². The van der Waals surface area contributed by atoms with Crippen LogP contribution in [-0.2, 0) is 14.5 Å². The maximum atomic E-state index is 10.9. The summed E-state index contributed by atoms with van der Waals surface area (Å²) in [5.41, 5.74) is 0. The number of aliphatic hydroxyl groups is 1.